The zero-order valence-electron chi connectivity index (χ0n) is 11.0. The molecule has 1 aromatic heterocycles. The average molecular weight is 327 g/mol. The van der Waals surface area contributed by atoms with Crippen molar-refractivity contribution in [3.8, 4) is 0 Å². The van der Waals surface area contributed by atoms with Crippen molar-refractivity contribution in [1.82, 2.24) is 19.8 Å². The lowest BCUT2D eigenvalue weighted by Crippen LogP contribution is -2.37. The number of halogens is 3. The minimum absolute atomic E-state index is 0.128. The SMILES string of the molecule is O=S(=O)(NCC(F)(F)F)Nc1cnn(C2CCNCC2)c1. The molecular weight excluding hydrogens is 311 g/mol. The topological polar surface area (TPSA) is 88.1 Å². The molecule has 7 nitrogen and oxygen atoms in total. The molecule has 0 amide bonds. The molecule has 3 N–H and O–H groups in total. The van der Waals surface area contributed by atoms with Crippen LogP contribution in [0.1, 0.15) is 18.9 Å². The summed E-state index contributed by atoms with van der Waals surface area (Å²) in [5, 5.41) is 7.24. The number of nitrogens with zero attached hydrogens (tertiary/aromatic N) is 2. The molecule has 0 aliphatic carbocycles. The Hall–Kier alpha value is -1.33. The van der Waals surface area contributed by atoms with E-state index in [1.165, 1.54) is 17.1 Å². The Morgan fingerprint density at radius 1 is 1.38 bits per heavy atom. The van der Waals surface area contributed by atoms with Crippen molar-refractivity contribution < 1.29 is 21.6 Å². The van der Waals surface area contributed by atoms with Crippen LogP contribution in [0.4, 0.5) is 18.9 Å². The number of anilines is 1. The lowest BCUT2D eigenvalue weighted by molar-refractivity contribution is -0.121. The van der Waals surface area contributed by atoms with E-state index >= 15 is 0 Å². The van der Waals surface area contributed by atoms with Gasteiger partial charge >= 0.3 is 6.18 Å². The van der Waals surface area contributed by atoms with Gasteiger partial charge in [-0.3, -0.25) is 9.40 Å². The van der Waals surface area contributed by atoms with E-state index in [2.05, 4.69) is 10.4 Å². The molecule has 1 aliphatic heterocycles. The largest absolute Gasteiger partial charge is 0.402 e. The van der Waals surface area contributed by atoms with Crippen LogP contribution in [0.15, 0.2) is 12.4 Å². The van der Waals surface area contributed by atoms with Gasteiger partial charge in [0.25, 0.3) is 10.2 Å². The van der Waals surface area contributed by atoms with Crippen molar-refractivity contribution in [2.45, 2.75) is 25.1 Å². The number of nitrogens with one attached hydrogen (secondary N) is 3. The van der Waals surface area contributed by atoms with Gasteiger partial charge in [0.1, 0.15) is 6.54 Å². The molecule has 0 aromatic carbocycles. The Kier molecular flexibility index (Phi) is 4.74. The average Bonchev–Trinajstić information content (AvgIpc) is 2.85. The van der Waals surface area contributed by atoms with Crippen molar-refractivity contribution in [2.75, 3.05) is 24.4 Å². The molecule has 0 atom stereocenters. The van der Waals surface area contributed by atoms with Crippen LogP contribution >= 0.6 is 0 Å². The molecule has 2 heterocycles. The van der Waals surface area contributed by atoms with Crippen molar-refractivity contribution in [3.63, 3.8) is 0 Å². The molecule has 120 valence electrons. The summed E-state index contributed by atoms with van der Waals surface area (Å²) >= 11 is 0. The number of hydrogen-bond acceptors (Lipinski definition) is 4. The first kappa shape index (κ1) is 16.0. The highest BCUT2D eigenvalue weighted by Crippen LogP contribution is 2.20. The number of rotatable bonds is 5. The van der Waals surface area contributed by atoms with Crippen LogP contribution in [0, 0.1) is 0 Å². The van der Waals surface area contributed by atoms with Gasteiger partial charge in [0.05, 0.1) is 17.9 Å². The van der Waals surface area contributed by atoms with Crippen LogP contribution < -0.4 is 14.8 Å². The van der Waals surface area contributed by atoms with Crippen molar-refractivity contribution in [1.29, 1.82) is 0 Å². The predicted molar refractivity (Wildman–Crippen MR) is 70.0 cm³/mol. The maximum absolute atomic E-state index is 12.0. The minimum atomic E-state index is -4.60. The number of hydrogen-bond donors (Lipinski definition) is 3. The van der Waals surface area contributed by atoms with Gasteiger partial charge in [-0.05, 0) is 25.9 Å². The van der Waals surface area contributed by atoms with Gasteiger partial charge < -0.3 is 5.32 Å². The quantitative estimate of drug-likeness (QED) is 0.740. The van der Waals surface area contributed by atoms with Crippen LogP contribution in [-0.2, 0) is 10.2 Å². The molecule has 1 aliphatic rings. The normalized spacial score (nSPS) is 17.9. The Bertz CT molecular complexity index is 565. The van der Waals surface area contributed by atoms with E-state index in [1.54, 1.807) is 4.68 Å². The lowest BCUT2D eigenvalue weighted by Gasteiger charge is -2.22. The Morgan fingerprint density at radius 2 is 2.05 bits per heavy atom. The first-order chi connectivity index (χ1) is 9.75. The monoisotopic (exact) mass is 327 g/mol. The van der Waals surface area contributed by atoms with E-state index in [0.717, 1.165) is 25.9 Å². The maximum atomic E-state index is 12.0. The van der Waals surface area contributed by atoms with E-state index < -0.39 is 22.9 Å². The summed E-state index contributed by atoms with van der Waals surface area (Å²) in [4.78, 5) is 0. The van der Waals surface area contributed by atoms with Gasteiger partial charge in [0.2, 0.25) is 0 Å². The van der Waals surface area contributed by atoms with Gasteiger partial charge in [-0.1, -0.05) is 0 Å². The predicted octanol–water partition coefficient (Wildman–Crippen LogP) is 0.616. The van der Waals surface area contributed by atoms with E-state index in [-0.39, 0.29) is 11.7 Å². The molecular formula is C10H16F3N5O2S. The fourth-order valence-corrected chi connectivity index (χ4v) is 2.87. The van der Waals surface area contributed by atoms with Gasteiger partial charge in [-0.15, -0.1) is 0 Å². The molecule has 11 heteroatoms. The third kappa shape index (κ3) is 5.17. The van der Waals surface area contributed by atoms with Crippen molar-refractivity contribution in [2.24, 2.45) is 0 Å². The van der Waals surface area contributed by atoms with Crippen LogP contribution in [0.3, 0.4) is 0 Å². The summed E-state index contributed by atoms with van der Waals surface area (Å²) in [5.74, 6) is 0. The second kappa shape index (κ2) is 6.20. The molecule has 1 fully saturated rings. The first-order valence-corrected chi connectivity index (χ1v) is 7.82. The molecule has 1 saturated heterocycles. The molecule has 1 aromatic rings. The fourth-order valence-electron chi connectivity index (χ4n) is 2.03. The second-order valence-electron chi connectivity index (χ2n) is 4.73. The molecule has 0 radical (unpaired) electrons. The van der Waals surface area contributed by atoms with E-state index in [0.29, 0.717) is 0 Å². The summed E-state index contributed by atoms with van der Waals surface area (Å²) in [6.45, 7) is 0.0716. The Morgan fingerprint density at radius 3 is 2.67 bits per heavy atom. The van der Waals surface area contributed by atoms with Crippen LogP contribution in [0.2, 0.25) is 0 Å². The van der Waals surface area contributed by atoms with E-state index in [4.69, 9.17) is 0 Å². The standard InChI is InChI=1S/C10H16F3N5O2S/c11-10(12,13)7-16-21(19,20)17-8-5-15-18(6-8)9-1-3-14-4-2-9/h5-6,9,14,16-17H,1-4,7H2. The van der Waals surface area contributed by atoms with Gasteiger partial charge in [-0.2, -0.15) is 31.4 Å². The number of alkyl halides is 3. The summed E-state index contributed by atoms with van der Waals surface area (Å²) in [5.41, 5.74) is 0.128. The summed E-state index contributed by atoms with van der Waals surface area (Å²) in [6, 6.07) is 0.160. The molecule has 2 rings (SSSR count). The van der Waals surface area contributed by atoms with E-state index in [1.807, 2.05) is 4.72 Å². The highest BCUT2D eigenvalue weighted by molar-refractivity contribution is 7.90. The molecule has 21 heavy (non-hydrogen) atoms. The number of piperidine rings is 1. The van der Waals surface area contributed by atoms with Crippen molar-refractivity contribution in [3.05, 3.63) is 12.4 Å². The summed E-state index contributed by atoms with van der Waals surface area (Å²) in [7, 11) is -4.27. The zero-order valence-corrected chi connectivity index (χ0v) is 11.8. The third-order valence-corrected chi connectivity index (χ3v) is 4.03. The van der Waals surface area contributed by atoms with Crippen molar-refractivity contribution >= 4 is 15.9 Å². The Labute approximate surface area is 120 Å². The minimum Gasteiger partial charge on any atom is -0.317 e. The first-order valence-electron chi connectivity index (χ1n) is 6.34. The molecule has 0 saturated carbocycles. The molecule has 0 unspecified atom stereocenters. The smallest absolute Gasteiger partial charge is 0.317 e. The lowest BCUT2D eigenvalue weighted by atomic mass is 10.1. The van der Waals surface area contributed by atoms with E-state index in [9.17, 15) is 21.6 Å². The summed E-state index contributed by atoms with van der Waals surface area (Å²) < 4.78 is 64.0. The fraction of sp³-hybridized carbons (Fsp3) is 0.700. The molecule has 0 spiro atoms. The van der Waals surface area contributed by atoms with Crippen LogP contribution in [-0.4, -0.2) is 44.0 Å². The number of aromatic nitrogens is 2. The van der Waals surface area contributed by atoms with Gasteiger partial charge in [0, 0.05) is 6.20 Å². The molecule has 0 bridgehead atoms. The second-order valence-corrected chi connectivity index (χ2v) is 6.23. The van der Waals surface area contributed by atoms with Gasteiger partial charge in [0.15, 0.2) is 0 Å². The summed E-state index contributed by atoms with van der Waals surface area (Å²) in [6.07, 6.45) is -0.133. The van der Waals surface area contributed by atoms with Crippen LogP contribution in [0.5, 0.6) is 0 Å². The zero-order chi connectivity index (χ0) is 15.5. The van der Waals surface area contributed by atoms with Gasteiger partial charge in [-0.25, -0.2) is 0 Å². The third-order valence-electron chi connectivity index (χ3n) is 3.00. The highest BCUT2D eigenvalue weighted by atomic mass is 32.2. The maximum Gasteiger partial charge on any atom is 0.402 e. The highest BCUT2D eigenvalue weighted by Gasteiger charge is 2.29. The van der Waals surface area contributed by atoms with Crippen LogP contribution in [0.25, 0.3) is 0 Å². The Balaban J connectivity index is 1.95.